The van der Waals surface area contributed by atoms with Crippen molar-refractivity contribution < 1.29 is 18.3 Å². The number of rotatable bonds is 4. The van der Waals surface area contributed by atoms with Crippen LogP contribution in [0.1, 0.15) is 10.5 Å². The van der Waals surface area contributed by atoms with Crippen molar-refractivity contribution in [2.75, 3.05) is 5.32 Å². The van der Waals surface area contributed by atoms with E-state index in [-0.39, 0.29) is 11.7 Å². The first-order valence-electron chi connectivity index (χ1n) is 6.28. The van der Waals surface area contributed by atoms with E-state index in [0.29, 0.717) is 21.0 Å². The first kappa shape index (κ1) is 16.1. The minimum Gasteiger partial charge on any atom is -0.435 e. The van der Waals surface area contributed by atoms with E-state index in [2.05, 4.69) is 20.1 Å². The van der Waals surface area contributed by atoms with Crippen LogP contribution in [0.4, 0.5) is 13.9 Å². The number of carbonyl (C=O) groups excluding carboxylic acids is 1. The molecule has 2 heterocycles. The fraction of sp³-hybridized carbons (Fsp3) is 0.154. The van der Waals surface area contributed by atoms with Crippen LogP contribution in [-0.4, -0.2) is 27.3 Å². The molecule has 2 aromatic heterocycles. The molecule has 1 amide bonds. The van der Waals surface area contributed by atoms with E-state index in [0.717, 1.165) is 3.57 Å². The van der Waals surface area contributed by atoms with Crippen molar-refractivity contribution in [3.05, 3.63) is 33.7 Å². The van der Waals surface area contributed by atoms with Crippen LogP contribution in [0.5, 0.6) is 5.75 Å². The van der Waals surface area contributed by atoms with Gasteiger partial charge in [0, 0.05) is 13.2 Å². The molecular weight excluding hydrogens is 441 g/mol. The van der Waals surface area contributed by atoms with Crippen LogP contribution in [0.3, 0.4) is 0 Å². The van der Waals surface area contributed by atoms with Gasteiger partial charge >= 0.3 is 6.61 Å². The van der Waals surface area contributed by atoms with Gasteiger partial charge in [0.25, 0.3) is 5.91 Å². The molecule has 3 aromatic rings. The van der Waals surface area contributed by atoms with Crippen molar-refractivity contribution in [1.82, 2.24) is 14.8 Å². The number of halogens is 3. The van der Waals surface area contributed by atoms with Crippen molar-refractivity contribution in [1.29, 1.82) is 0 Å². The molecule has 0 aliphatic rings. The Kier molecular flexibility index (Phi) is 4.43. The number of aryl methyl sites for hydroxylation is 1. The van der Waals surface area contributed by atoms with Crippen molar-refractivity contribution in [3.8, 4) is 5.75 Å². The number of nitrogens with one attached hydrogen (secondary N) is 1. The number of ether oxygens (including phenoxy) is 1. The van der Waals surface area contributed by atoms with Gasteiger partial charge < -0.3 is 4.74 Å². The second-order valence-electron chi connectivity index (χ2n) is 4.48. The third kappa shape index (κ3) is 3.58. The fourth-order valence-electron chi connectivity index (χ4n) is 1.90. The third-order valence-electron chi connectivity index (χ3n) is 2.80. The molecule has 0 atom stereocenters. The van der Waals surface area contributed by atoms with E-state index in [9.17, 15) is 13.6 Å². The molecule has 0 bridgehead atoms. The number of anilines is 1. The van der Waals surface area contributed by atoms with Gasteiger partial charge in [0.1, 0.15) is 5.75 Å². The molecule has 1 aromatic carbocycles. The number of carbonyl (C=O) groups is 1. The lowest BCUT2D eigenvalue weighted by Gasteiger charge is -2.02. The number of amides is 1. The lowest BCUT2D eigenvalue weighted by molar-refractivity contribution is -0.0497. The highest BCUT2D eigenvalue weighted by Crippen LogP contribution is 2.30. The molecule has 0 fully saturated rings. The van der Waals surface area contributed by atoms with Crippen molar-refractivity contribution in [2.24, 2.45) is 7.05 Å². The highest BCUT2D eigenvalue weighted by molar-refractivity contribution is 14.1. The number of benzene rings is 1. The molecule has 6 nitrogen and oxygen atoms in total. The number of nitrogens with zero attached hydrogens (tertiary/aromatic N) is 3. The first-order chi connectivity index (χ1) is 10.9. The Labute approximate surface area is 146 Å². The van der Waals surface area contributed by atoms with Crippen LogP contribution >= 0.6 is 33.9 Å². The largest absolute Gasteiger partial charge is 0.435 e. The SMILES string of the molecule is Cn1cc(I)c(C(=O)Nc2nc3ccc(OC(F)F)cc3s2)n1. The summed E-state index contributed by atoms with van der Waals surface area (Å²) in [5.41, 5.74) is 0.886. The molecule has 0 saturated heterocycles. The van der Waals surface area contributed by atoms with Gasteiger partial charge in [0.05, 0.1) is 13.8 Å². The van der Waals surface area contributed by atoms with Gasteiger partial charge in [-0.3, -0.25) is 14.8 Å². The van der Waals surface area contributed by atoms with E-state index in [1.54, 1.807) is 24.0 Å². The second-order valence-corrected chi connectivity index (χ2v) is 6.67. The van der Waals surface area contributed by atoms with Gasteiger partial charge in [-0.1, -0.05) is 11.3 Å². The molecule has 0 saturated carbocycles. The Morgan fingerprint density at radius 3 is 2.91 bits per heavy atom. The summed E-state index contributed by atoms with van der Waals surface area (Å²) in [6.45, 7) is -2.88. The van der Waals surface area contributed by atoms with E-state index in [1.165, 1.54) is 23.5 Å². The predicted octanol–water partition coefficient (Wildman–Crippen LogP) is 3.49. The number of hydrogen-bond donors (Lipinski definition) is 1. The lowest BCUT2D eigenvalue weighted by atomic mass is 10.3. The maximum atomic E-state index is 12.2. The van der Waals surface area contributed by atoms with Crippen molar-refractivity contribution in [3.63, 3.8) is 0 Å². The zero-order valence-electron chi connectivity index (χ0n) is 11.6. The van der Waals surface area contributed by atoms with E-state index in [4.69, 9.17) is 0 Å². The van der Waals surface area contributed by atoms with Crippen LogP contribution in [0.25, 0.3) is 10.2 Å². The van der Waals surface area contributed by atoms with Crippen molar-refractivity contribution in [2.45, 2.75) is 6.61 Å². The molecule has 0 spiro atoms. The number of alkyl halides is 2. The Morgan fingerprint density at radius 2 is 2.26 bits per heavy atom. The van der Waals surface area contributed by atoms with Gasteiger partial charge in [0.15, 0.2) is 10.8 Å². The summed E-state index contributed by atoms with van der Waals surface area (Å²) in [7, 11) is 1.72. The summed E-state index contributed by atoms with van der Waals surface area (Å²) in [6, 6.07) is 4.42. The molecule has 3 rings (SSSR count). The summed E-state index contributed by atoms with van der Waals surface area (Å²) >= 11 is 3.19. The third-order valence-corrected chi connectivity index (χ3v) is 4.53. The number of fused-ring (bicyclic) bond motifs is 1. The molecule has 120 valence electrons. The minimum atomic E-state index is -2.88. The number of aromatic nitrogens is 3. The molecule has 23 heavy (non-hydrogen) atoms. The second kappa shape index (κ2) is 6.35. The van der Waals surface area contributed by atoms with Crippen LogP contribution in [0.2, 0.25) is 0 Å². The van der Waals surface area contributed by atoms with Gasteiger partial charge in [0.2, 0.25) is 0 Å². The molecule has 10 heteroatoms. The Hall–Kier alpha value is -1.82. The highest BCUT2D eigenvalue weighted by atomic mass is 127. The van der Waals surface area contributed by atoms with Gasteiger partial charge in [-0.05, 0) is 40.8 Å². The van der Waals surface area contributed by atoms with Crippen LogP contribution < -0.4 is 10.1 Å². The molecule has 0 aliphatic heterocycles. The minimum absolute atomic E-state index is 0.0494. The van der Waals surface area contributed by atoms with Gasteiger partial charge in [-0.2, -0.15) is 13.9 Å². The average molecular weight is 450 g/mol. The zero-order valence-corrected chi connectivity index (χ0v) is 14.6. The number of thiazole rings is 1. The summed E-state index contributed by atoms with van der Waals surface area (Å²) in [5.74, 6) is -0.327. The maximum absolute atomic E-state index is 12.2. The van der Waals surface area contributed by atoms with E-state index >= 15 is 0 Å². The van der Waals surface area contributed by atoms with Crippen molar-refractivity contribution >= 4 is 55.2 Å². The average Bonchev–Trinajstić information content (AvgIpc) is 2.99. The number of hydrogen-bond acceptors (Lipinski definition) is 5. The van der Waals surface area contributed by atoms with Crippen LogP contribution in [0.15, 0.2) is 24.4 Å². The summed E-state index contributed by atoms with van der Waals surface area (Å²) < 4.78 is 31.7. The smallest absolute Gasteiger partial charge is 0.387 e. The summed E-state index contributed by atoms with van der Waals surface area (Å²) in [4.78, 5) is 16.4. The summed E-state index contributed by atoms with van der Waals surface area (Å²) in [5, 5.41) is 7.10. The zero-order chi connectivity index (χ0) is 16.6. The predicted molar refractivity (Wildman–Crippen MR) is 90.1 cm³/mol. The molecule has 0 aliphatic carbocycles. The van der Waals surface area contributed by atoms with Crippen LogP contribution in [0, 0.1) is 3.57 Å². The lowest BCUT2D eigenvalue weighted by Crippen LogP contribution is -2.13. The highest BCUT2D eigenvalue weighted by Gasteiger charge is 2.16. The standard InChI is InChI=1S/C13H9F2IN4O2S/c1-20-5-7(16)10(19-20)11(21)18-13-17-8-3-2-6(22-12(14)15)4-9(8)23-13/h2-5,12H,1H3,(H,17,18,21). The Bertz CT molecular complexity index is 880. The monoisotopic (exact) mass is 450 g/mol. The Morgan fingerprint density at radius 1 is 1.48 bits per heavy atom. The molecule has 0 unspecified atom stereocenters. The molecule has 1 N–H and O–H groups in total. The first-order valence-corrected chi connectivity index (χ1v) is 8.18. The molecule has 0 radical (unpaired) electrons. The quantitative estimate of drug-likeness (QED) is 0.619. The topological polar surface area (TPSA) is 69.0 Å². The van der Waals surface area contributed by atoms with E-state index in [1.807, 2.05) is 22.6 Å². The fourth-order valence-corrected chi connectivity index (χ4v) is 3.55. The Balaban J connectivity index is 1.83. The van der Waals surface area contributed by atoms with Gasteiger partial charge in [-0.15, -0.1) is 0 Å². The summed E-state index contributed by atoms with van der Waals surface area (Å²) in [6.07, 6.45) is 1.72. The normalized spacial score (nSPS) is 11.2. The molecular formula is C13H9F2IN4O2S. The van der Waals surface area contributed by atoms with Crippen LogP contribution in [-0.2, 0) is 7.05 Å². The van der Waals surface area contributed by atoms with Gasteiger partial charge in [-0.25, -0.2) is 4.98 Å². The van der Waals surface area contributed by atoms with E-state index < -0.39 is 6.61 Å². The maximum Gasteiger partial charge on any atom is 0.387 e.